The summed E-state index contributed by atoms with van der Waals surface area (Å²) in [6.07, 6.45) is 0. The van der Waals surface area contributed by atoms with Crippen LogP contribution in [-0.4, -0.2) is 37.2 Å². The van der Waals surface area contributed by atoms with Gasteiger partial charge in [-0.05, 0) is 50.6 Å². The number of hydrogen-bond donors (Lipinski definition) is 2. The number of benzene rings is 1. The number of nitrogens with zero attached hydrogens (tertiary/aromatic N) is 3. The van der Waals surface area contributed by atoms with Gasteiger partial charge in [0, 0.05) is 21.8 Å². The van der Waals surface area contributed by atoms with Gasteiger partial charge in [-0.15, -0.1) is 10.2 Å². The van der Waals surface area contributed by atoms with Crippen LogP contribution in [0.4, 0.5) is 0 Å². The molecule has 0 saturated carbocycles. The van der Waals surface area contributed by atoms with E-state index in [4.69, 9.17) is 17.4 Å². The van der Waals surface area contributed by atoms with Crippen LogP contribution >= 0.6 is 23.4 Å². The summed E-state index contributed by atoms with van der Waals surface area (Å²) in [4.78, 5) is 27.3. The van der Waals surface area contributed by atoms with E-state index in [-0.39, 0.29) is 17.3 Å². The maximum Gasteiger partial charge on any atom is 0.210 e. The van der Waals surface area contributed by atoms with Crippen LogP contribution in [0.15, 0.2) is 29.4 Å². The van der Waals surface area contributed by atoms with Crippen molar-refractivity contribution < 1.29 is 9.59 Å². The van der Waals surface area contributed by atoms with E-state index in [0.29, 0.717) is 38.5 Å². The van der Waals surface area contributed by atoms with Gasteiger partial charge in [0.25, 0.3) is 0 Å². The number of thioether (sulfide) groups is 1. The third-order valence-corrected chi connectivity index (χ3v) is 5.36. The first kappa shape index (κ1) is 19.2. The molecule has 0 aliphatic heterocycles. The largest absolute Gasteiger partial charge is 0.355 e. The summed E-state index contributed by atoms with van der Waals surface area (Å²) in [5.41, 5.74) is 3.14. The average Bonchev–Trinajstić information content (AvgIpc) is 3.13. The Bertz CT molecular complexity index is 1020. The molecule has 140 valence electrons. The zero-order valence-electron chi connectivity index (χ0n) is 15.0. The zero-order valence-corrected chi connectivity index (χ0v) is 16.6. The van der Waals surface area contributed by atoms with E-state index in [0.717, 1.165) is 5.56 Å². The van der Waals surface area contributed by atoms with Crippen molar-refractivity contribution >= 4 is 34.9 Å². The third-order valence-electron chi connectivity index (χ3n) is 4.17. The lowest BCUT2D eigenvalue weighted by molar-refractivity contribution is 0.101. The number of aromatic nitrogens is 4. The number of rotatable bonds is 6. The van der Waals surface area contributed by atoms with Gasteiger partial charge in [0.1, 0.15) is 0 Å². The number of H-pyrrole nitrogens is 1. The Morgan fingerprint density at radius 2 is 1.89 bits per heavy atom. The van der Waals surface area contributed by atoms with Crippen LogP contribution in [0.25, 0.3) is 11.4 Å². The number of ketones is 2. The van der Waals surface area contributed by atoms with Gasteiger partial charge in [0.2, 0.25) is 5.16 Å². The van der Waals surface area contributed by atoms with E-state index in [1.807, 2.05) is 0 Å². The Balaban J connectivity index is 1.76. The molecule has 7 nitrogen and oxygen atoms in total. The topological polar surface area (TPSA) is 107 Å². The molecule has 0 amide bonds. The molecule has 3 N–H and O–H groups in total. The van der Waals surface area contributed by atoms with Gasteiger partial charge in [0.15, 0.2) is 17.4 Å². The van der Waals surface area contributed by atoms with Gasteiger partial charge in [-0.2, -0.15) is 0 Å². The first-order valence-electron chi connectivity index (χ1n) is 8.12. The van der Waals surface area contributed by atoms with Crippen molar-refractivity contribution in [3.05, 3.63) is 51.8 Å². The molecule has 2 aromatic heterocycles. The molecule has 0 aliphatic rings. The van der Waals surface area contributed by atoms with E-state index in [1.165, 1.54) is 23.4 Å². The smallest absolute Gasteiger partial charge is 0.210 e. The van der Waals surface area contributed by atoms with Crippen molar-refractivity contribution in [3.63, 3.8) is 0 Å². The number of nitrogen functional groups attached to an aromatic ring is 1. The van der Waals surface area contributed by atoms with Gasteiger partial charge >= 0.3 is 0 Å². The molecule has 3 aromatic rings. The number of hydrogen-bond acceptors (Lipinski definition) is 6. The van der Waals surface area contributed by atoms with Gasteiger partial charge < -0.3 is 10.8 Å². The molecule has 27 heavy (non-hydrogen) atoms. The molecular weight excluding hydrogens is 386 g/mol. The van der Waals surface area contributed by atoms with Crippen LogP contribution < -0.4 is 5.84 Å². The normalized spacial score (nSPS) is 11.0. The maximum atomic E-state index is 12.6. The summed E-state index contributed by atoms with van der Waals surface area (Å²) in [5, 5.41) is 9.17. The molecule has 1 aromatic carbocycles. The first-order valence-corrected chi connectivity index (χ1v) is 9.48. The van der Waals surface area contributed by atoms with Gasteiger partial charge in [-0.25, -0.2) is 4.68 Å². The Morgan fingerprint density at radius 3 is 2.48 bits per heavy atom. The summed E-state index contributed by atoms with van der Waals surface area (Å²) in [6, 6.07) is 7.07. The predicted octanol–water partition coefficient (Wildman–Crippen LogP) is 3.43. The number of carbonyl (C=O) groups excluding carboxylic acids is 2. The van der Waals surface area contributed by atoms with Crippen LogP contribution in [0.2, 0.25) is 5.02 Å². The summed E-state index contributed by atoms with van der Waals surface area (Å²) < 4.78 is 1.34. The number of halogens is 1. The average molecular weight is 404 g/mol. The SMILES string of the molecule is CC(=O)c1c(C)[nH]c(C(=O)CSc2nnc(-c3ccc(Cl)cc3)n2N)c1C. The standard InChI is InChI=1S/C18H18ClN5O2S/c1-9-15(11(3)25)10(2)21-16(9)14(26)8-27-18-23-22-17(24(18)20)12-4-6-13(19)7-5-12/h4-7,21H,8,20H2,1-3H3. The highest BCUT2D eigenvalue weighted by Gasteiger charge is 2.21. The number of Topliss-reactive ketones (excluding diaryl/α,β-unsaturated/α-hetero) is 2. The Labute approximate surface area is 165 Å². The molecule has 0 unspecified atom stereocenters. The lowest BCUT2D eigenvalue weighted by Crippen LogP contribution is -2.13. The first-order chi connectivity index (χ1) is 12.8. The minimum Gasteiger partial charge on any atom is -0.355 e. The second kappa shape index (κ2) is 7.58. The van der Waals surface area contributed by atoms with Crippen LogP contribution in [0.3, 0.4) is 0 Å². The molecule has 0 saturated heterocycles. The lowest BCUT2D eigenvalue weighted by Gasteiger charge is -2.04. The van der Waals surface area contributed by atoms with Crippen LogP contribution in [-0.2, 0) is 0 Å². The minimum absolute atomic E-state index is 0.0674. The summed E-state index contributed by atoms with van der Waals surface area (Å²) in [7, 11) is 0. The highest BCUT2D eigenvalue weighted by atomic mass is 35.5. The molecule has 0 fully saturated rings. The molecule has 0 atom stereocenters. The quantitative estimate of drug-likeness (QED) is 0.371. The van der Waals surface area contributed by atoms with E-state index in [1.54, 1.807) is 38.1 Å². The van der Waals surface area contributed by atoms with Crippen molar-refractivity contribution in [1.29, 1.82) is 0 Å². The van der Waals surface area contributed by atoms with Crippen molar-refractivity contribution in [2.24, 2.45) is 0 Å². The van der Waals surface area contributed by atoms with Crippen LogP contribution in [0, 0.1) is 13.8 Å². The Morgan fingerprint density at radius 1 is 1.22 bits per heavy atom. The van der Waals surface area contributed by atoms with Crippen LogP contribution in [0.1, 0.15) is 39.0 Å². The zero-order chi connectivity index (χ0) is 19.7. The molecular formula is C18H18ClN5O2S. The highest BCUT2D eigenvalue weighted by Crippen LogP contribution is 2.25. The lowest BCUT2D eigenvalue weighted by atomic mass is 10.1. The van der Waals surface area contributed by atoms with Gasteiger partial charge in [-0.3, -0.25) is 9.59 Å². The van der Waals surface area contributed by atoms with Crippen molar-refractivity contribution in [2.45, 2.75) is 25.9 Å². The number of carbonyl (C=O) groups is 2. The Kier molecular flexibility index (Phi) is 5.38. The predicted molar refractivity (Wildman–Crippen MR) is 106 cm³/mol. The van der Waals surface area contributed by atoms with Crippen molar-refractivity contribution in [1.82, 2.24) is 19.9 Å². The number of nitrogens with two attached hydrogens (primary N) is 1. The third kappa shape index (κ3) is 3.77. The van der Waals surface area contributed by atoms with Crippen LogP contribution in [0.5, 0.6) is 0 Å². The summed E-state index contributed by atoms with van der Waals surface area (Å²) >= 11 is 7.08. The van der Waals surface area contributed by atoms with Crippen molar-refractivity contribution in [3.8, 4) is 11.4 Å². The molecule has 3 rings (SSSR count). The second-order valence-electron chi connectivity index (χ2n) is 6.08. The molecule has 0 radical (unpaired) electrons. The Hall–Kier alpha value is -2.58. The summed E-state index contributed by atoms with van der Waals surface area (Å²) in [6.45, 7) is 5.03. The minimum atomic E-state index is -0.135. The van der Waals surface area contributed by atoms with E-state index >= 15 is 0 Å². The number of nitrogens with one attached hydrogen (secondary N) is 1. The van der Waals surface area contributed by atoms with E-state index in [9.17, 15) is 9.59 Å². The fourth-order valence-electron chi connectivity index (χ4n) is 2.93. The second-order valence-corrected chi connectivity index (χ2v) is 7.46. The fraction of sp³-hybridized carbons (Fsp3) is 0.222. The molecule has 2 heterocycles. The molecule has 0 aliphatic carbocycles. The highest BCUT2D eigenvalue weighted by molar-refractivity contribution is 7.99. The monoisotopic (exact) mass is 403 g/mol. The number of aromatic amines is 1. The van der Waals surface area contributed by atoms with Gasteiger partial charge in [0.05, 0.1) is 11.4 Å². The molecule has 0 bridgehead atoms. The van der Waals surface area contributed by atoms with Crippen molar-refractivity contribution in [2.75, 3.05) is 11.6 Å². The number of aryl methyl sites for hydroxylation is 1. The van der Waals surface area contributed by atoms with E-state index in [2.05, 4.69) is 15.2 Å². The molecule has 9 heteroatoms. The van der Waals surface area contributed by atoms with E-state index < -0.39 is 0 Å². The maximum absolute atomic E-state index is 12.6. The molecule has 0 spiro atoms. The fourth-order valence-corrected chi connectivity index (χ4v) is 3.79. The summed E-state index contributed by atoms with van der Waals surface area (Å²) in [5.74, 6) is 6.47. The van der Waals surface area contributed by atoms with Gasteiger partial charge in [-0.1, -0.05) is 23.4 Å².